The lowest BCUT2D eigenvalue weighted by Crippen LogP contribution is -2.17. The largest absolute Gasteiger partial charge is 0.497 e. The van der Waals surface area contributed by atoms with Crippen molar-refractivity contribution < 1.29 is 9.53 Å². The number of carbonyl (C=O) groups excluding carboxylic acids is 1. The number of benzene rings is 2. The normalized spacial score (nSPS) is 10.4. The number of ether oxygens (including phenoxy) is 1. The molecule has 7 heteroatoms. The number of methoxy groups -OCH3 is 1. The van der Waals surface area contributed by atoms with Crippen molar-refractivity contribution >= 4 is 29.1 Å². The Balaban J connectivity index is 1.63. The third kappa shape index (κ3) is 5.20. The Morgan fingerprint density at radius 3 is 2.57 bits per heavy atom. The summed E-state index contributed by atoms with van der Waals surface area (Å²) in [5.74, 6) is 0.905. The zero-order valence-corrected chi connectivity index (χ0v) is 16.5. The summed E-state index contributed by atoms with van der Waals surface area (Å²) in [6, 6.07) is 16.6. The number of aromatic nitrogens is 2. The number of carbonyl (C=O) groups is 1. The van der Waals surface area contributed by atoms with Gasteiger partial charge in [-0.25, -0.2) is 9.97 Å². The van der Waals surface area contributed by atoms with Crippen molar-refractivity contribution in [1.82, 2.24) is 9.97 Å². The average molecular weight is 397 g/mol. The molecular weight excluding hydrogens is 376 g/mol. The molecule has 2 aromatic carbocycles. The number of para-hydroxylation sites is 1. The van der Waals surface area contributed by atoms with Crippen molar-refractivity contribution in [2.75, 3.05) is 24.3 Å². The van der Waals surface area contributed by atoms with Gasteiger partial charge in [-0.05, 0) is 49.2 Å². The molecule has 0 aliphatic carbocycles. The van der Waals surface area contributed by atoms with Crippen LogP contribution in [0.15, 0.2) is 54.6 Å². The van der Waals surface area contributed by atoms with Crippen LogP contribution in [-0.4, -0.2) is 29.5 Å². The third-order valence-corrected chi connectivity index (χ3v) is 4.39. The molecule has 0 radical (unpaired) electrons. The van der Waals surface area contributed by atoms with Crippen LogP contribution in [0, 0.1) is 6.92 Å². The summed E-state index contributed by atoms with van der Waals surface area (Å²) in [5.41, 5.74) is 2.68. The Morgan fingerprint density at radius 2 is 1.86 bits per heavy atom. The van der Waals surface area contributed by atoms with Crippen LogP contribution in [0.1, 0.15) is 21.7 Å². The highest BCUT2D eigenvalue weighted by molar-refractivity contribution is 6.33. The molecule has 3 aromatic rings. The zero-order valence-electron chi connectivity index (χ0n) is 15.7. The van der Waals surface area contributed by atoms with Gasteiger partial charge < -0.3 is 15.4 Å². The molecule has 0 aliphatic heterocycles. The summed E-state index contributed by atoms with van der Waals surface area (Å²) in [6.07, 6.45) is 0.794. The van der Waals surface area contributed by atoms with Crippen LogP contribution >= 0.6 is 11.6 Å². The third-order valence-electron chi connectivity index (χ3n) is 4.06. The fourth-order valence-electron chi connectivity index (χ4n) is 2.62. The summed E-state index contributed by atoms with van der Waals surface area (Å²) >= 11 is 6.10. The van der Waals surface area contributed by atoms with E-state index in [1.165, 1.54) is 0 Å². The predicted octanol–water partition coefficient (Wildman–Crippen LogP) is 4.35. The van der Waals surface area contributed by atoms with Gasteiger partial charge in [0.2, 0.25) is 5.95 Å². The van der Waals surface area contributed by atoms with E-state index < -0.39 is 0 Å². The molecule has 1 heterocycles. The van der Waals surface area contributed by atoms with Crippen LogP contribution in [0.4, 0.5) is 11.6 Å². The molecule has 0 atom stereocenters. The lowest BCUT2D eigenvalue weighted by atomic mass is 10.1. The second kappa shape index (κ2) is 9.19. The molecule has 0 fully saturated rings. The van der Waals surface area contributed by atoms with E-state index in [0.29, 0.717) is 28.9 Å². The highest BCUT2D eigenvalue weighted by Crippen LogP contribution is 2.21. The molecule has 3 rings (SSSR count). The summed E-state index contributed by atoms with van der Waals surface area (Å²) in [7, 11) is 1.64. The monoisotopic (exact) mass is 396 g/mol. The Labute approximate surface area is 168 Å². The molecule has 0 unspecified atom stereocenters. The molecule has 6 nitrogen and oxygen atoms in total. The molecule has 1 aromatic heterocycles. The summed E-state index contributed by atoms with van der Waals surface area (Å²) in [4.78, 5) is 21.2. The molecule has 28 heavy (non-hydrogen) atoms. The van der Waals surface area contributed by atoms with Crippen LogP contribution in [0.5, 0.6) is 5.75 Å². The molecule has 0 bridgehead atoms. The zero-order chi connectivity index (χ0) is 19.9. The lowest BCUT2D eigenvalue weighted by molar-refractivity contribution is 0.102. The van der Waals surface area contributed by atoms with Gasteiger partial charge in [-0.1, -0.05) is 35.9 Å². The summed E-state index contributed by atoms with van der Waals surface area (Å²) in [6.45, 7) is 2.46. The van der Waals surface area contributed by atoms with Crippen LogP contribution < -0.4 is 15.4 Å². The first-order valence-electron chi connectivity index (χ1n) is 8.83. The predicted molar refractivity (Wildman–Crippen MR) is 111 cm³/mol. The maximum absolute atomic E-state index is 12.5. The van der Waals surface area contributed by atoms with E-state index in [0.717, 1.165) is 17.7 Å². The molecule has 1 amide bonds. The maximum Gasteiger partial charge on any atom is 0.274 e. The lowest BCUT2D eigenvalue weighted by Gasteiger charge is -2.10. The van der Waals surface area contributed by atoms with E-state index in [9.17, 15) is 4.79 Å². The number of hydrogen-bond donors (Lipinski definition) is 2. The fourth-order valence-corrected chi connectivity index (χ4v) is 2.81. The number of anilines is 2. The summed E-state index contributed by atoms with van der Waals surface area (Å²) in [5, 5.41) is 6.42. The average Bonchev–Trinajstić information content (AvgIpc) is 2.70. The molecule has 2 N–H and O–H groups in total. The topological polar surface area (TPSA) is 76.1 Å². The second-order valence-corrected chi connectivity index (χ2v) is 6.58. The standard InChI is InChI=1S/C21H21ClN4O2/c1-14-13-19(20(27)25-18-6-4-3-5-17(18)22)26-21(24-14)23-12-11-15-7-9-16(28-2)10-8-15/h3-10,13H,11-12H2,1-2H3,(H,25,27)(H,23,24,26). The van der Waals surface area contributed by atoms with E-state index in [4.69, 9.17) is 16.3 Å². The van der Waals surface area contributed by atoms with Gasteiger partial charge in [0.05, 0.1) is 17.8 Å². The molecule has 144 valence electrons. The fraction of sp³-hybridized carbons (Fsp3) is 0.190. The number of aryl methyl sites for hydroxylation is 1. The quantitative estimate of drug-likeness (QED) is 0.620. The van der Waals surface area contributed by atoms with Gasteiger partial charge in [-0.15, -0.1) is 0 Å². The van der Waals surface area contributed by atoms with Gasteiger partial charge in [0.1, 0.15) is 11.4 Å². The molecule has 0 saturated carbocycles. The van der Waals surface area contributed by atoms with E-state index in [-0.39, 0.29) is 11.6 Å². The van der Waals surface area contributed by atoms with Crippen LogP contribution in [0.2, 0.25) is 5.02 Å². The van der Waals surface area contributed by atoms with Crippen molar-refractivity contribution in [3.05, 3.63) is 76.6 Å². The van der Waals surface area contributed by atoms with E-state index in [1.807, 2.05) is 31.2 Å². The number of nitrogens with zero attached hydrogens (tertiary/aromatic N) is 2. The molecular formula is C21H21ClN4O2. The van der Waals surface area contributed by atoms with Crippen molar-refractivity contribution in [2.24, 2.45) is 0 Å². The maximum atomic E-state index is 12.5. The Kier molecular flexibility index (Phi) is 6.45. The van der Waals surface area contributed by atoms with Gasteiger partial charge in [0.25, 0.3) is 5.91 Å². The van der Waals surface area contributed by atoms with E-state index in [2.05, 4.69) is 20.6 Å². The summed E-state index contributed by atoms with van der Waals surface area (Å²) < 4.78 is 5.16. The minimum Gasteiger partial charge on any atom is -0.497 e. The number of nitrogens with one attached hydrogen (secondary N) is 2. The Morgan fingerprint density at radius 1 is 1.11 bits per heavy atom. The first-order chi connectivity index (χ1) is 13.5. The minimum absolute atomic E-state index is 0.277. The number of amides is 1. The smallest absolute Gasteiger partial charge is 0.274 e. The van der Waals surface area contributed by atoms with Gasteiger partial charge in [0, 0.05) is 12.2 Å². The van der Waals surface area contributed by atoms with Gasteiger partial charge in [-0.2, -0.15) is 0 Å². The number of hydrogen-bond acceptors (Lipinski definition) is 5. The van der Waals surface area contributed by atoms with Gasteiger partial charge in [0.15, 0.2) is 0 Å². The number of halogens is 1. The van der Waals surface area contributed by atoms with E-state index in [1.54, 1.807) is 37.4 Å². The van der Waals surface area contributed by atoms with Gasteiger partial charge >= 0.3 is 0 Å². The second-order valence-electron chi connectivity index (χ2n) is 6.18. The molecule has 0 saturated heterocycles. The first-order valence-corrected chi connectivity index (χ1v) is 9.21. The first kappa shape index (κ1) is 19.6. The highest BCUT2D eigenvalue weighted by Gasteiger charge is 2.12. The van der Waals surface area contributed by atoms with Crippen molar-refractivity contribution in [3.63, 3.8) is 0 Å². The van der Waals surface area contributed by atoms with Crippen LogP contribution in [0.3, 0.4) is 0 Å². The highest BCUT2D eigenvalue weighted by atomic mass is 35.5. The van der Waals surface area contributed by atoms with Crippen molar-refractivity contribution in [2.45, 2.75) is 13.3 Å². The van der Waals surface area contributed by atoms with E-state index >= 15 is 0 Å². The van der Waals surface area contributed by atoms with Crippen molar-refractivity contribution in [3.8, 4) is 5.75 Å². The SMILES string of the molecule is COc1ccc(CCNc2nc(C)cc(C(=O)Nc3ccccc3Cl)n2)cc1. The molecule has 0 spiro atoms. The Hall–Kier alpha value is -3.12. The van der Waals surface area contributed by atoms with Crippen molar-refractivity contribution in [1.29, 1.82) is 0 Å². The van der Waals surface area contributed by atoms with Crippen LogP contribution in [0.25, 0.3) is 0 Å². The van der Waals surface area contributed by atoms with Crippen LogP contribution in [-0.2, 0) is 6.42 Å². The molecule has 0 aliphatic rings. The van der Waals surface area contributed by atoms with Gasteiger partial charge in [-0.3, -0.25) is 4.79 Å². The Bertz CT molecular complexity index is 961. The number of rotatable bonds is 7. The minimum atomic E-state index is -0.336.